The fourth-order valence-corrected chi connectivity index (χ4v) is 3.08. The van der Waals surface area contributed by atoms with Gasteiger partial charge in [0.15, 0.2) is 7.29 Å². The lowest BCUT2D eigenvalue weighted by molar-refractivity contribution is 0.420. The topological polar surface area (TPSA) is 46.3 Å². The van der Waals surface area contributed by atoms with Crippen molar-refractivity contribution in [2.45, 2.75) is 20.4 Å². The number of hydrogen-bond donors (Lipinski definition) is 1. The predicted octanol–water partition coefficient (Wildman–Crippen LogP) is 2.68. The zero-order valence-corrected chi connectivity index (χ0v) is 10.3. The van der Waals surface area contributed by atoms with Crippen LogP contribution in [0.25, 0.3) is 0 Å². The van der Waals surface area contributed by atoms with Gasteiger partial charge in [0.05, 0.1) is 0 Å². The summed E-state index contributed by atoms with van der Waals surface area (Å²) in [6.07, 6.45) is 1.26. The quantitative estimate of drug-likeness (QED) is 0.477. The predicted molar refractivity (Wildman–Crippen MR) is 64.9 cm³/mol. The van der Waals surface area contributed by atoms with Gasteiger partial charge in [-0.05, 0) is 5.56 Å². The summed E-state index contributed by atoms with van der Waals surface area (Å²) in [6, 6.07) is 9.88. The van der Waals surface area contributed by atoms with Crippen molar-refractivity contribution < 1.29 is 4.57 Å². The smallest absolute Gasteiger partial charge is 0.162 e. The van der Waals surface area contributed by atoms with Gasteiger partial charge in [-0.2, -0.15) is 4.78 Å². The molecule has 0 aliphatic carbocycles. The second kappa shape index (κ2) is 5.45. The Morgan fingerprint density at radius 3 is 2.20 bits per heavy atom. The van der Waals surface area contributed by atoms with Gasteiger partial charge in [-0.3, -0.25) is 5.84 Å². The van der Waals surface area contributed by atoms with Crippen LogP contribution in [0.2, 0.25) is 0 Å². The number of benzene rings is 1. The third-order valence-corrected chi connectivity index (χ3v) is 5.70. The molecular weight excluding hydrogens is 207 g/mol. The van der Waals surface area contributed by atoms with E-state index in [4.69, 9.17) is 5.84 Å². The maximum absolute atomic E-state index is 12.3. The summed E-state index contributed by atoms with van der Waals surface area (Å²) in [7, 11) is -2.33. The molecule has 0 aliphatic heterocycles. The van der Waals surface area contributed by atoms with Gasteiger partial charge >= 0.3 is 0 Å². The Morgan fingerprint density at radius 2 is 1.73 bits per heavy atom. The molecular formula is C11H19N2OP. The third kappa shape index (κ3) is 3.16. The lowest BCUT2D eigenvalue weighted by Crippen LogP contribution is -2.29. The van der Waals surface area contributed by atoms with Crippen molar-refractivity contribution in [3.05, 3.63) is 35.9 Å². The lowest BCUT2D eigenvalue weighted by Gasteiger charge is -2.25. The lowest BCUT2D eigenvalue weighted by atomic mass is 10.2. The van der Waals surface area contributed by atoms with Gasteiger partial charge in [0.2, 0.25) is 0 Å². The number of nitrogens with two attached hydrogens (primary N) is 1. The normalized spacial score (nSPS) is 12.0. The molecule has 0 aromatic heterocycles. The van der Waals surface area contributed by atoms with E-state index in [0.29, 0.717) is 18.9 Å². The fourth-order valence-electron chi connectivity index (χ4n) is 1.49. The summed E-state index contributed by atoms with van der Waals surface area (Å²) in [5, 5.41) is 0. The molecule has 0 spiro atoms. The summed E-state index contributed by atoms with van der Waals surface area (Å²) in [4.78, 5) is 0. The molecule has 0 bridgehead atoms. The van der Waals surface area contributed by atoms with Gasteiger partial charge in [0.25, 0.3) is 0 Å². The van der Waals surface area contributed by atoms with E-state index in [9.17, 15) is 4.57 Å². The standard InChI is InChI=1S/C11H19N2OP/c1-3-15(14,4-2)13(12)10-11-8-6-5-7-9-11/h5-9H,3-4,10,12H2,1-2H3. The highest BCUT2D eigenvalue weighted by Crippen LogP contribution is 2.46. The molecule has 0 aliphatic rings. The van der Waals surface area contributed by atoms with Crippen LogP contribution in [0.3, 0.4) is 0 Å². The minimum absolute atomic E-state index is 0.555. The highest BCUT2D eigenvalue weighted by Gasteiger charge is 2.23. The molecule has 0 heterocycles. The van der Waals surface area contributed by atoms with E-state index in [1.807, 2.05) is 44.2 Å². The average Bonchev–Trinajstić information content (AvgIpc) is 2.29. The van der Waals surface area contributed by atoms with Gasteiger partial charge in [0.1, 0.15) is 0 Å². The zero-order chi connectivity index (χ0) is 11.3. The van der Waals surface area contributed by atoms with Crippen LogP contribution in [0.15, 0.2) is 30.3 Å². The molecule has 2 N–H and O–H groups in total. The second-order valence-electron chi connectivity index (χ2n) is 3.56. The summed E-state index contributed by atoms with van der Waals surface area (Å²) in [5.74, 6) is 5.88. The summed E-state index contributed by atoms with van der Waals surface area (Å²) < 4.78 is 13.8. The van der Waals surface area contributed by atoms with E-state index >= 15 is 0 Å². The van der Waals surface area contributed by atoms with Gasteiger partial charge in [-0.1, -0.05) is 44.2 Å². The highest BCUT2D eigenvalue weighted by molar-refractivity contribution is 7.61. The van der Waals surface area contributed by atoms with Crippen molar-refractivity contribution in [3.8, 4) is 0 Å². The Bertz CT molecular complexity index is 332. The molecule has 4 heteroatoms. The van der Waals surface area contributed by atoms with E-state index in [1.54, 1.807) is 0 Å². The van der Waals surface area contributed by atoms with E-state index in [1.165, 1.54) is 4.78 Å². The molecule has 0 amide bonds. The van der Waals surface area contributed by atoms with Crippen LogP contribution in [0.5, 0.6) is 0 Å². The Labute approximate surface area is 91.7 Å². The largest absolute Gasteiger partial charge is 0.305 e. The molecule has 15 heavy (non-hydrogen) atoms. The minimum Gasteiger partial charge on any atom is -0.305 e. The van der Waals surface area contributed by atoms with Crippen LogP contribution in [-0.4, -0.2) is 17.1 Å². The molecule has 3 nitrogen and oxygen atoms in total. The fraction of sp³-hybridized carbons (Fsp3) is 0.455. The molecule has 1 rings (SSSR count). The van der Waals surface area contributed by atoms with Crippen LogP contribution in [0.4, 0.5) is 0 Å². The Hall–Kier alpha value is -0.630. The van der Waals surface area contributed by atoms with Crippen molar-refractivity contribution in [2.24, 2.45) is 5.84 Å². The van der Waals surface area contributed by atoms with Crippen LogP contribution in [0.1, 0.15) is 19.4 Å². The zero-order valence-electron chi connectivity index (χ0n) is 9.39. The highest BCUT2D eigenvalue weighted by atomic mass is 31.2. The Morgan fingerprint density at radius 1 is 1.20 bits per heavy atom. The monoisotopic (exact) mass is 226 g/mol. The van der Waals surface area contributed by atoms with Crippen LogP contribution < -0.4 is 5.84 Å². The van der Waals surface area contributed by atoms with Gasteiger partial charge in [0, 0.05) is 18.9 Å². The van der Waals surface area contributed by atoms with Gasteiger partial charge in [-0.15, -0.1) is 0 Å². The molecule has 0 atom stereocenters. The van der Waals surface area contributed by atoms with Crippen molar-refractivity contribution >= 4 is 7.29 Å². The van der Waals surface area contributed by atoms with E-state index in [-0.39, 0.29) is 0 Å². The summed E-state index contributed by atoms with van der Waals surface area (Å²) in [5.41, 5.74) is 1.10. The van der Waals surface area contributed by atoms with Crippen LogP contribution >= 0.6 is 7.29 Å². The van der Waals surface area contributed by atoms with Gasteiger partial charge < -0.3 is 4.57 Å². The first-order valence-corrected chi connectivity index (χ1v) is 7.30. The molecule has 1 aromatic carbocycles. The minimum atomic E-state index is -2.33. The number of nitrogens with zero attached hydrogens (tertiary/aromatic N) is 1. The molecule has 0 saturated heterocycles. The third-order valence-electron chi connectivity index (χ3n) is 2.64. The second-order valence-corrected chi connectivity index (χ2v) is 7.03. The van der Waals surface area contributed by atoms with E-state index in [0.717, 1.165) is 5.56 Å². The molecule has 0 saturated carbocycles. The van der Waals surface area contributed by atoms with Crippen molar-refractivity contribution in [2.75, 3.05) is 12.3 Å². The summed E-state index contributed by atoms with van der Waals surface area (Å²) >= 11 is 0. The SMILES string of the molecule is CCP(=O)(CC)N(N)Cc1ccccc1. The first-order chi connectivity index (χ1) is 7.12. The Kier molecular flexibility index (Phi) is 4.52. The number of rotatable bonds is 5. The molecule has 84 valence electrons. The molecule has 0 radical (unpaired) electrons. The molecule has 1 aromatic rings. The van der Waals surface area contributed by atoms with Crippen molar-refractivity contribution in [1.82, 2.24) is 4.78 Å². The molecule has 0 unspecified atom stereocenters. The van der Waals surface area contributed by atoms with Crippen LogP contribution in [0, 0.1) is 0 Å². The summed E-state index contributed by atoms with van der Waals surface area (Å²) in [6.45, 7) is 4.41. The Balaban J connectivity index is 2.71. The first kappa shape index (κ1) is 12.4. The molecule has 0 fully saturated rings. The van der Waals surface area contributed by atoms with Crippen molar-refractivity contribution in [3.63, 3.8) is 0 Å². The van der Waals surface area contributed by atoms with Crippen LogP contribution in [-0.2, 0) is 11.1 Å². The van der Waals surface area contributed by atoms with E-state index < -0.39 is 7.29 Å². The maximum atomic E-state index is 12.3. The van der Waals surface area contributed by atoms with Crippen molar-refractivity contribution in [1.29, 1.82) is 0 Å². The average molecular weight is 226 g/mol. The first-order valence-electron chi connectivity index (χ1n) is 5.27. The maximum Gasteiger partial charge on any atom is 0.162 e. The number of hydrazine groups is 1. The van der Waals surface area contributed by atoms with E-state index in [2.05, 4.69) is 0 Å². The number of hydrogen-bond acceptors (Lipinski definition) is 2. The van der Waals surface area contributed by atoms with Gasteiger partial charge in [-0.25, -0.2) is 0 Å².